The van der Waals surface area contributed by atoms with E-state index >= 15 is 0 Å². The fraction of sp³-hybridized carbons (Fsp3) is 0.500. The van der Waals surface area contributed by atoms with Crippen molar-refractivity contribution in [2.24, 2.45) is 0 Å². The predicted molar refractivity (Wildman–Crippen MR) is 55.5 cm³/mol. The van der Waals surface area contributed by atoms with Gasteiger partial charge in [0.2, 0.25) is 0 Å². The second kappa shape index (κ2) is 2.75. The van der Waals surface area contributed by atoms with E-state index in [2.05, 4.69) is 12.1 Å². The quantitative estimate of drug-likeness (QED) is 0.637. The van der Waals surface area contributed by atoms with E-state index in [4.69, 9.17) is 11.6 Å². The summed E-state index contributed by atoms with van der Waals surface area (Å²) < 4.78 is 0. The van der Waals surface area contributed by atoms with Gasteiger partial charge in [-0.05, 0) is 60.8 Å². The molecule has 1 aromatic rings. The normalized spacial score (nSPS) is 20.4. The summed E-state index contributed by atoms with van der Waals surface area (Å²) in [4.78, 5) is 0. The summed E-state index contributed by atoms with van der Waals surface area (Å²) in [6, 6.07) is 4.57. The zero-order chi connectivity index (χ0) is 8.84. The van der Waals surface area contributed by atoms with E-state index in [0.29, 0.717) is 0 Å². The molecule has 0 atom stereocenters. The number of fused-ring (bicyclic) bond motifs is 1. The van der Waals surface area contributed by atoms with E-state index in [1.165, 1.54) is 43.2 Å². The van der Waals surface area contributed by atoms with E-state index < -0.39 is 0 Å². The third-order valence-electron chi connectivity index (χ3n) is 3.23. The van der Waals surface area contributed by atoms with Crippen LogP contribution in [-0.2, 0) is 12.8 Å². The highest BCUT2D eigenvalue weighted by molar-refractivity contribution is 6.31. The smallest absolute Gasteiger partial charge is 0.0443 e. The molecule has 0 N–H and O–H groups in total. The summed E-state index contributed by atoms with van der Waals surface area (Å²) in [5, 5.41) is 1.02. The minimum absolute atomic E-state index is 0.790. The van der Waals surface area contributed by atoms with Crippen molar-refractivity contribution in [3.8, 4) is 0 Å². The second-order valence-electron chi connectivity index (χ2n) is 4.27. The molecule has 0 aliphatic heterocycles. The number of benzene rings is 1. The lowest BCUT2D eigenvalue weighted by atomic mass is 10.0. The molecule has 1 saturated carbocycles. The van der Waals surface area contributed by atoms with Crippen molar-refractivity contribution in [3.63, 3.8) is 0 Å². The third kappa shape index (κ3) is 1.28. The first kappa shape index (κ1) is 7.87. The molecule has 0 amide bonds. The summed E-state index contributed by atoms with van der Waals surface area (Å²) >= 11 is 6.24. The van der Waals surface area contributed by atoms with Crippen LogP contribution in [0.4, 0.5) is 0 Å². The summed E-state index contributed by atoms with van der Waals surface area (Å²) in [7, 11) is 0. The summed E-state index contributed by atoms with van der Waals surface area (Å²) in [5.74, 6) is 0.790. The van der Waals surface area contributed by atoms with Crippen LogP contribution < -0.4 is 0 Å². The van der Waals surface area contributed by atoms with E-state index in [9.17, 15) is 0 Å². The molecule has 1 aromatic carbocycles. The van der Waals surface area contributed by atoms with Crippen LogP contribution in [-0.4, -0.2) is 0 Å². The van der Waals surface area contributed by atoms with E-state index in [-0.39, 0.29) is 0 Å². The van der Waals surface area contributed by atoms with Gasteiger partial charge in [-0.2, -0.15) is 0 Å². The molecule has 1 heteroatoms. The van der Waals surface area contributed by atoms with Gasteiger partial charge in [0.15, 0.2) is 0 Å². The molecule has 2 aliphatic carbocycles. The fourth-order valence-corrected chi connectivity index (χ4v) is 2.66. The topological polar surface area (TPSA) is 0 Å². The van der Waals surface area contributed by atoms with Crippen molar-refractivity contribution in [1.29, 1.82) is 0 Å². The van der Waals surface area contributed by atoms with Crippen LogP contribution in [0, 0.1) is 0 Å². The number of aryl methyl sites for hydroxylation is 2. The van der Waals surface area contributed by atoms with Crippen LogP contribution in [0.5, 0.6) is 0 Å². The Kier molecular flexibility index (Phi) is 1.66. The van der Waals surface area contributed by atoms with Gasteiger partial charge in [-0.15, -0.1) is 0 Å². The Morgan fingerprint density at radius 2 is 1.77 bits per heavy atom. The van der Waals surface area contributed by atoms with Gasteiger partial charge < -0.3 is 0 Å². The van der Waals surface area contributed by atoms with Crippen LogP contribution in [0.2, 0.25) is 5.02 Å². The van der Waals surface area contributed by atoms with Crippen LogP contribution in [0.15, 0.2) is 12.1 Å². The molecular weight excluding hydrogens is 180 g/mol. The molecule has 0 bridgehead atoms. The lowest BCUT2D eigenvalue weighted by Crippen LogP contribution is -1.88. The molecule has 3 rings (SSSR count). The summed E-state index contributed by atoms with van der Waals surface area (Å²) in [6.07, 6.45) is 6.52. The minimum atomic E-state index is 0.790. The van der Waals surface area contributed by atoms with E-state index in [1.54, 1.807) is 5.56 Å². The molecule has 0 heterocycles. The number of hydrogen-bond donors (Lipinski definition) is 0. The average molecular weight is 193 g/mol. The van der Waals surface area contributed by atoms with Crippen molar-refractivity contribution in [1.82, 2.24) is 0 Å². The van der Waals surface area contributed by atoms with Gasteiger partial charge in [0, 0.05) is 5.02 Å². The van der Waals surface area contributed by atoms with Gasteiger partial charge >= 0.3 is 0 Å². The van der Waals surface area contributed by atoms with Crippen LogP contribution in [0.25, 0.3) is 0 Å². The molecule has 0 unspecified atom stereocenters. The van der Waals surface area contributed by atoms with Crippen molar-refractivity contribution in [2.45, 2.75) is 38.0 Å². The fourth-order valence-electron chi connectivity index (χ4n) is 2.32. The minimum Gasteiger partial charge on any atom is -0.0840 e. The first-order chi connectivity index (χ1) is 6.34. The van der Waals surface area contributed by atoms with E-state index in [0.717, 1.165) is 10.9 Å². The zero-order valence-electron chi connectivity index (χ0n) is 7.65. The molecule has 2 aliphatic rings. The standard InChI is InChI=1S/C12H13Cl/c13-12-7-10-3-1-2-9(10)6-11(12)8-4-5-8/h6-8H,1-5H2. The molecule has 0 aromatic heterocycles. The zero-order valence-corrected chi connectivity index (χ0v) is 8.40. The largest absolute Gasteiger partial charge is 0.0840 e. The third-order valence-corrected chi connectivity index (χ3v) is 3.56. The molecule has 13 heavy (non-hydrogen) atoms. The number of hydrogen-bond acceptors (Lipinski definition) is 0. The van der Waals surface area contributed by atoms with Crippen molar-refractivity contribution in [3.05, 3.63) is 33.8 Å². The molecular formula is C12H13Cl. The van der Waals surface area contributed by atoms with Crippen LogP contribution in [0.3, 0.4) is 0 Å². The van der Waals surface area contributed by atoms with Crippen molar-refractivity contribution >= 4 is 11.6 Å². The Morgan fingerprint density at radius 1 is 1.08 bits per heavy atom. The molecule has 68 valence electrons. The molecule has 0 saturated heterocycles. The maximum Gasteiger partial charge on any atom is 0.0443 e. The van der Waals surface area contributed by atoms with E-state index in [1.807, 2.05) is 0 Å². The highest BCUT2D eigenvalue weighted by atomic mass is 35.5. The Bertz CT molecular complexity index is 350. The highest BCUT2D eigenvalue weighted by Gasteiger charge is 2.27. The number of halogens is 1. The van der Waals surface area contributed by atoms with Gasteiger partial charge in [0.25, 0.3) is 0 Å². The molecule has 0 nitrogen and oxygen atoms in total. The molecule has 0 spiro atoms. The second-order valence-corrected chi connectivity index (χ2v) is 4.68. The Morgan fingerprint density at radius 3 is 2.46 bits per heavy atom. The van der Waals surface area contributed by atoms with Crippen LogP contribution in [0.1, 0.15) is 41.9 Å². The summed E-state index contributed by atoms with van der Waals surface area (Å²) in [6.45, 7) is 0. The maximum absolute atomic E-state index is 6.24. The Labute approximate surface area is 83.9 Å². The lowest BCUT2D eigenvalue weighted by molar-refractivity contribution is 0.911. The first-order valence-corrected chi connectivity index (χ1v) is 5.53. The average Bonchev–Trinajstić information content (AvgIpc) is 2.85. The Hall–Kier alpha value is -0.490. The van der Waals surface area contributed by atoms with Crippen molar-refractivity contribution < 1.29 is 0 Å². The number of rotatable bonds is 1. The molecule has 0 radical (unpaired) electrons. The monoisotopic (exact) mass is 192 g/mol. The van der Waals surface area contributed by atoms with Gasteiger partial charge in [-0.3, -0.25) is 0 Å². The van der Waals surface area contributed by atoms with Crippen molar-refractivity contribution in [2.75, 3.05) is 0 Å². The summed E-state index contributed by atoms with van der Waals surface area (Å²) in [5.41, 5.74) is 4.48. The van der Waals surface area contributed by atoms with Gasteiger partial charge in [-0.25, -0.2) is 0 Å². The highest BCUT2D eigenvalue weighted by Crippen LogP contribution is 2.44. The Balaban J connectivity index is 2.10. The predicted octanol–water partition coefficient (Wildman–Crippen LogP) is 3.71. The molecule has 1 fully saturated rings. The van der Waals surface area contributed by atoms with Gasteiger partial charge in [-0.1, -0.05) is 17.7 Å². The van der Waals surface area contributed by atoms with Gasteiger partial charge in [0.05, 0.1) is 0 Å². The van der Waals surface area contributed by atoms with Gasteiger partial charge in [0.1, 0.15) is 0 Å². The first-order valence-electron chi connectivity index (χ1n) is 5.16. The SMILES string of the molecule is Clc1cc2c(cc1C1CC1)CCC2. The lowest BCUT2D eigenvalue weighted by Gasteiger charge is -2.06. The van der Waals surface area contributed by atoms with Crippen LogP contribution >= 0.6 is 11.6 Å². The maximum atomic E-state index is 6.24.